The van der Waals surface area contributed by atoms with E-state index in [2.05, 4.69) is 5.32 Å². The summed E-state index contributed by atoms with van der Waals surface area (Å²) in [6, 6.07) is 7.81. The summed E-state index contributed by atoms with van der Waals surface area (Å²) >= 11 is 12.2. The lowest BCUT2D eigenvalue weighted by Gasteiger charge is -2.19. The Morgan fingerprint density at radius 3 is 2.45 bits per heavy atom. The maximum atomic E-state index is 12.7. The van der Waals surface area contributed by atoms with Gasteiger partial charge in [-0.05, 0) is 31.2 Å². The van der Waals surface area contributed by atoms with Crippen LogP contribution >= 0.6 is 23.2 Å². The van der Waals surface area contributed by atoms with E-state index in [0.29, 0.717) is 21.4 Å². The minimum absolute atomic E-state index is 0.000524. The SMILES string of the molecule is C[C@]1(c2ccco2)NC(=O)N(Cc2c(Cl)cccc2Cl)C1=O. The molecule has 1 saturated heterocycles. The summed E-state index contributed by atoms with van der Waals surface area (Å²) in [4.78, 5) is 25.9. The Labute approximate surface area is 136 Å². The lowest BCUT2D eigenvalue weighted by atomic mass is 9.99. The van der Waals surface area contributed by atoms with Crippen LogP contribution in [0.2, 0.25) is 10.0 Å². The fraction of sp³-hybridized carbons (Fsp3) is 0.200. The van der Waals surface area contributed by atoms with Crippen molar-refractivity contribution in [1.29, 1.82) is 0 Å². The lowest BCUT2D eigenvalue weighted by molar-refractivity contribution is -0.132. The molecule has 2 aromatic rings. The molecule has 1 atom stereocenters. The van der Waals surface area contributed by atoms with Crippen LogP contribution in [0.4, 0.5) is 4.79 Å². The van der Waals surface area contributed by atoms with Crippen LogP contribution < -0.4 is 5.32 Å². The van der Waals surface area contributed by atoms with Crippen LogP contribution in [0.5, 0.6) is 0 Å². The van der Waals surface area contributed by atoms with Gasteiger partial charge < -0.3 is 9.73 Å². The van der Waals surface area contributed by atoms with Gasteiger partial charge in [0.25, 0.3) is 5.91 Å². The fourth-order valence-corrected chi connectivity index (χ4v) is 2.93. The highest BCUT2D eigenvalue weighted by atomic mass is 35.5. The van der Waals surface area contributed by atoms with Crippen LogP contribution in [-0.2, 0) is 16.9 Å². The predicted octanol–water partition coefficient (Wildman–Crippen LogP) is 3.55. The van der Waals surface area contributed by atoms with Gasteiger partial charge >= 0.3 is 6.03 Å². The zero-order valence-corrected chi connectivity index (χ0v) is 13.1. The van der Waals surface area contributed by atoms with Gasteiger partial charge in [0.2, 0.25) is 0 Å². The molecule has 0 radical (unpaired) electrons. The Morgan fingerprint density at radius 1 is 1.18 bits per heavy atom. The molecule has 22 heavy (non-hydrogen) atoms. The molecule has 7 heteroatoms. The molecule has 2 heterocycles. The van der Waals surface area contributed by atoms with Crippen molar-refractivity contribution < 1.29 is 14.0 Å². The third-order valence-electron chi connectivity index (χ3n) is 3.67. The molecule has 1 aromatic carbocycles. The summed E-state index contributed by atoms with van der Waals surface area (Å²) in [5.41, 5.74) is -0.702. The quantitative estimate of drug-likeness (QED) is 0.870. The van der Waals surface area contributed by atoms with Crippen molar-refractivity contribution in [2.24, 2.45) is 0 Å². The first-order chi connectivity index (χ1) is 10.4. The Morgan fingerprint density at radius 2 is 1.86 bits per heavy atom. The first kappa shape index (κ1) is 14.9. The summed E-state index contributed by atoms with van der Waals surface area (Å²) in [5.74, 6) is -0.0398. The number of halogens is 2. The van der Waals surface area contributed by atoms with Gasteiger partial charge in [0, 0.05) is 15.6 Å². The zero-order chi connectivity index (χ0) is 15.9. The van der Waals surface area contributed by atoms with Crippen LogP contribution in [0.3, 0.4) is 0 Å². The molecule has 0 aliphatic carbocycles. The van der Waals surface area contributed by atoms with Gasteiger partial charge in [-0.15, -0.1) is 0 Å². The summed E-state index contributed by atoms with van der Waals surface area (Å²) in [7, 11) is 0. The monoisotopic (exact) mass is 338 g/mol. The molecule has 1 fully saturated rings. The van der Waals surface area contributed by atoms with Crippen LogP contribution in [0.1, 0.15) is 18.2 Å². The Hall–Kier alpha value is -1.98. The average Bonchev–Trinajstić information content (AvgIpc) is 3.06. The van der Waals surface area contributed by atoms with Gasteiger partial charge in [0.15, 0.2) is 5.54 Å². The maximum Gasteiger partial charge on any atom is 0.325 e. The number of furan rings is 1. The topological polar surface area (TPSA) is 62.6 Å². The Bertz CT molecular complexity index is 725. The third kappa shape index (κ3) is 2.26. The van der Waals surface area contributed by atoms with E-state index in [1.807, 2.05) is 0 Å². The molecule has 114 valence electrons. The molecule has 1 aromatic heterocycles. The highest BCUT2D eigenvalue weighted by Crippen LogP contribution is 2.32. The van der Waals surface area contributed by atoms with E-state index in [1.54, 1.807) is 37.3 Å². The first-order valence-corrected chi connectivity index (χ1v) is 7.30. The molecule has 1 N–H and O–H groups in total. The smallest absolute Gasteiger partial charge is 0.325 e. The number of nitrogens with zero attached hydrogens (tertiary/aromatic N) is 1. The van der Waals surface area contributed by atoms with Crippen molar-refractivity contribution in [2.75, 3.05) is 0 Å². The number of carbonyl (C=O) groups is 2. The number of imide groups is 1. The Balaban J connectivity index is 1.93. The number of hydrogen-bond acceptors (Lipinski definition) is 3. The molecular formula is C15H12Cl2N2O3. The number of nitrogens with one attached hydrogen (secondary N) is 1. The summed E-state index contributed by atoms with van der Waals surface area (Å²) < 4.78 is 5.27. The van der Waals surface area contributed by atoms with E-state index in [9.17, 15) is 9.59 Å². The number of urea groups is 1. The minimum atomic E-state index is -1.23. The van der Waals surface area contributed by atoms with Crippen LogP contribution in [0, 0.1) is 0 Å². The molecule has 0 saturated carbocycles. The molecular weight excluding hydrogens is 327 g/mol. The van der Waals surface area contributed by atoms with Crippen molar-refractivity contribution in [2.45, 2.75) is 19.0 Å². The van der Waals surface area contributed by atoms with E-state index in [0.717, 1.165) is 4.90 Å². The molecule has 5 nitrogen and oxygen atoms in total. The van der Waals surface area contributed by atoms with Crippen LogP contribution in [0.15, 0.2) is 41.0 Å². The second-order valence-corrected chi connectivity index (χ2v) is 5.94. The average molecular weight is 339 g/mol. The third-order valence-corrected chi connectivity index (χ3v) is 4.38. The van der Waals surface area contributed by atoms with Gasteiger partial charge in [-0.3, -0.25) is 9.69 Å². The van der Waals surface area contributed by atoms with E-state index < -0.39 is 17.5 Å². The molecule has 1 aliphatic rings. The van der Waals surface area contributed by atoms with Crippen molar-refractivity contribution in [3.05, 3.63) is 58.0 Å². The van der Waals surface area contributed by atoms with Gasteiger partial charge in [-0.25, -0.2) is 4.79 Å². The first-order valence-electron chi connectivity index (χ1n) is 6.54. The molecule has 3 amide bonds. The van der Waals surface area contributed by atoms with Crippen molar-refractivity contribution in [1.82, 2.24) is 10.2 Å². The van der Waals surface area contributed by atoms with E-state index in [-0.39, 0.29) is 6.54 Å². The summed E-state index contributed by atoms with van der Waals surface area (Å²) in [6.07, 6.45) is 1.45. The van der Waals surface area contributed by atoms with Crippen molar-refractivity contribution in [3.8, 4) is 0 Å². The summed E-state index contributed by atoms with van der Waals surface area (Å²) in [6.45, 7) is 1.60. The van der Waals surface area contributed by atoms with Crippen LogP contribution in [0.25, 0.3) is 0 Å². The lowest BCUT2D eigenvalue weighted by Crippen LogP contribution is -2.40. The van der Waals surface area contributed by atoms with Gasteiger partial charge in [0.1, 0.15) is 5.76 Å². The number of amides is 3. The normalized spacial score (nSPS) is 21.3. The second-order valence-electron chi connectivity index (χ2n) is 5.12. The minimum Gasteiger partial charge on any atom is -0.466 e. The molecule has 1 aliphatic heterocycles. The van der Waals surface area contributed by atoms with Crippen molar-refractivity contribution >= 4 is 35.1 Å². The summed E-state index contributed by atoms with van der Waals surface area (Å²) in [5, 5.41) is 3.45. The molecule has 0 bridgehead atoms. The molecule has 3 rings (SSSR count). The number of rotatable bonds is 3. The van der Waals surface area contributed by atoms with Gasteiger partial charge in [-0.2, -0.15) is 0 Å². The standard InChI is InChI=1S/C15H12Cl2N2O3/c1-15(12-6-3-7-22-12)13(20)19(14(21)18-15)8-9-10(16)4-2-5-11(9)17/h2-7H,8H2,1H3,(H,18,21)/t15-/m1/s1. The van der Waals surface area contributed by atoms with E-state index in [4.69, 9.17) is 27.6 Å². The maximum absolute atomic E-state index is 12.7. The van der Waals surface area contributed by atoms with Gasteiger partial charge in [0.05, 0.1) is 12.8 Å². The van der Waals surface area contributed by atoms with Crippen molar-refractivity contribution in [3.63, 3.8) is 0 Å². The highest BCUT2D eigenvalue weighted by Gasteiger charge is 2.51. The van der Waals surface area contributed by atoms with E-state index in [1.165, 1.54) is 6.26 Å². The van der Waals surface area contributed by atoms with E-state index >= 15 is 0 Å². The van der Waals surface area contributed by atoms with Crippen LogP contribution in [-0.4, -0.2) is 16.8 Å². The number of carbonyl (C=O) groups excluding carboxylic acids is 2. The fourth-order valence-electron chi connectivity index (χ4n) is 2.41. The second kappa shape index (κ2) is 5.34. The Kier molecular flexibility index (Phi) is 3.62. The largest absolute Gasteiger partial charge is 0.466 e. The number of benzene rings is 1. The van der Waals surface area contributed by atoms with Gasteiger partial charge in [-0.1, -0.05) is 29.3 Å². The molecule has 0 spiro atoms. The number of hydrogen-bond donors (Lipinski definition) is 1. The molecule has 0 unspecified atom stereocenters. The highest BCUT2D eigenvalue weighted by molar-refractivity contribution is 6.36. The zero-order valence-electron chi connectivity index (χ0n) is 11.6. The predicted molar refractivity (Wildman–Crippen MR) is 81.6 cm³/mol.